The molecule has 0 unspecified atom stereocenters. The number of Topliss-reactive ketones (excluding diaryl/α,β-unsaturated/α-hetero) is 1. The lowest BCUT2D eigenvalue weighted by Gasteiger charge is -2.07. The van der Waals surface area contributed by atoms with E-state index in [2.05, 4.69) is 15.0 Å². The summed E-state index contributed by atoms with van der Waals surface area (Å²) in [6.07, 6.45) is 1.62. The maximum atomic E-state index is 12.0. The maximum absolute atomic E-state index is 12.0. The molecular formula is C16H17N3O5. The summed E-state index contributed by atoms with van der Waals surface area (Å²) in [6, 6.07) is 6.04. The number of ether oxygens (including phenoxy) is 1. The largest absolute Gasteiger partial charge is 0.464 e. The molecule has 126 valence electrons. The van der Waals surface area contributed by atoms with Crippen LogP contribution in [0.25, 0.3) is 0 Å². The van der Waals surface area contributed by atoms with Gasteiger partial charge in [0, 0.05) is 25.2 Å². The van der Waals surface area contributed by atoms with Crippen LogP contribution in [0, 0.1) is 0 Å². The summed E-state index contributed by atoms with van der Waals surface area (Å²) in [4.78, 5) is 49.4. The molecule has 8 nitrogen and oxygen atoms in total. The van der Waals surface area contributed by atoms with Crippen molar-refractivity contribution < 1.29 is 19.1 Å². The standard InChI is InChI=1S/C16H17N3O5/c1-10(20)11-9-12(16(23)24-2)17-15(11)18-13(21)6-8-19-7-4-3-5-14(19)22/h3-5,7,9,17H,6,8H2,1-2H3,(H,18,21). The van der Waals surface area contributed by atoms with Gasteiger partial charge in [-0.25, -0.2) is 4.79 Å². The van der Waals surface area contributed by atoms with E-state index in [0.29, 0.717) is 0 Å². The van der Waals surface area contributed by atoms with Crippen LogP contribution in [-0.4, -0.2) is 34.3 Å². The Hall–Kier alpha value is -3.16. The molecule has 2 N–H and O–H groups in total. The van der Waals surface area contributed by atoms with E-state index in [9.17, 15) is 19.2 Å². The molecule has 0 saturated heterocycles. The van der Waals surface area contributed by atoms with Gasteiger partial charge in [-0.3, -0.25) is 14.4 Å². The zero-order valence-corrected chi connectivity index (χ0v) is 13.3. The van der Waals surface area contributed by atoms with Crippen molar-refractivity contribution in [1.29, 1.82) is 0 Å². The minimum absolute atomic E-state index is 0.0356. The minimum Gasteiger partial charge on any atom is -0.464 e. The fraction of sp³-hybridized carbons (Fsp3) is 0.250. The Morgan fingerprint density at radius 3 is 2.67 bits per heavy atom. The zero-order valence-electron chi connectivity index (χ0n) is 13.3. The number of nitrogens with zero attached hydrogens (tertiary/aromatic N) is 1. The molecule has 2 heterocycles. The number of carbonyl (C=O) groups excluding carboxylic acids is 3. The molecule has 8 heteroatoms. The monoisotopic (exact) mass is 331 g/mol. The molecule has 0 aromatic carbocycles. The third-order valence-corrected chi connectivity index (χ3v) is 3.35. The first-order chi connectivity index (χ1) is 11.4. The first-order valence-electron chi connectivity index (χ1n) is 7.20. The number of amides is 1. The molecule has 2 aromatic rings. The van der Waals surface area contributed by atoms with Crippen LogP contribution in [0.1, 0.15) is 34.2 Å². The molecule has 0 spiro atoms. The molecule has 0 radical (unpaired) electrons. The molecule has 0 aliphatic carbocycles. The molecule has 0 aliphatic heterocycles. The molecular weight excluding hydrogens is 314 g/mol. The Morgan fingerprint density at radius 2 is 2.04 bits per heavy atom. The van der Waals surface area contributed by atoms with Crippen molar-refractivity contribution in [1.82, 2.24) is 9.55 Å². The minimum atomic E-state index is -0.645. The number of esters is 1. The second-order valence-electron chi connectivity index (χ2n) is 5.05. The number of rotatable bonds is 6. The predicted octanol–water partition coefficient (Wildman–Crippen LogP) is 1.19. The highest BCUT2D eigenvalue weighted by atomic mass is 16.5. The fourth-order valence-corrected chi connectivity index (χ4v) is 2.12. The van der Waals surface area contributed by atoms with Gasteiger partial charge in [-0.05, 0) is 19.1 Å². The molecule has 0 fully saturated rings. The van der Waals surface area contributed by atoms with Gasteiger partial charge in [-0.15, -0.1) is 0 Å². The summed E-state index contributed by atoms with van der Waals surface area (Å²) >= 11 is 0. The third-order valence-electron chi connectivity index (χ3n) is 3.35. The van der Waals surface area contributed by atoms with Crippen molar-refractivity contribution >= 4 is 23.5 Å². The number of aryl methyl sites for hydroxylation is 1. The van der Waals surface area contributed by atoms with Gasteiger partial charge in [-0.2, -0.15) is 0 Å². The van der Waals surface area contributed by atoms with Crippen LogP contribution in [0.4, 0.5) is 5.82 Å². The first-order valence-corrected chi connectivity index (χ1v) is 7.20. The van der Waals surface area contributed by atoms with Crippen molar-refractivity contribution in [2.75, 3.05) is 12.4 Å². The first kappa shape index (κ1) is 17.2. The summed E-state index contributed by atoms with van der Waals surface area (Å²) in [5.41, 5.74) is 0.0421. The van der Waals surface area contributed by atoms with Crippen molar-refractivity contribution in [3.8, 4) is 0 Å². The topological polar surface area (TPSA) is 110 Å². The second-order valence-corrected chi connectivity index (χ2v) is 5.05. The Balaban J connectivity index is 2.09. The average Bonchev–Trinajstić information content (AvgIpc) is 2.97. The van der Waals surface area contributed by atoms with E-state index in [1.165, 1.54) is 30.7 Å². The van der Waals surface area contributed by atoms with E-state index in [1.54, 1.807) is 18.3 Å². The SMILES string of the molecule is COC(=O)c1cc(C(C)=O)c(NC(=O)CCn2ccccc2=O)[nH]1. The lowest BCUT2D eigenvalue weighted by Crippen LogP contribution is -2.22. The Labute approximate surface area is 137 Å². The molecule has 2 aromatic heterocycles. The van der Waals surface area contributed by atoms with Crippen molar-refractivity contribution in [2.24, 2.45) is 0 Å². The summed E-state index contributed by atoms with van der Waals surface area (Å²) in [6.45, 7) is 1.52. The number of nitrogens with one attached hydrogen (secondary N) is 2. The average molecular weight is 331 g/mol. The number of ketones is 1. The molecule has 0 saturated carbocycles. The summed E-state index contributed by atoms with van der Waals surface area (Å²) in [5.74, 6) is -1.22. The molecule has 1 amide bonds. The number of H-pyrrole nitrogens is 1. The van der Waals surface area contributed by atoms with Gasteiger partial charge in [-0.1, -0.05) is 6.07 Å². The van der Waals surface area contributed by atoms with Crippen molar-refractivity contribution in [2.45, 2.75) is 19.9 Å². The maximum Gasteiger partial charge on any atom is 0.354 e. The lowest BCUT2D eigenvalue weighted by molar-refractivity contribution is -0.116. The molecule has 24 heavy (non-hydrogen) atoms. The highest BCUT2D eigenvalue weighted by molar-refractivity contribution is 6.05. The van der Waals surface area contributed by atoms with Crippen LogP contribution in [-0.2, 0) is 16.1 Å². The van der Waals surface area contributed by atoms with Crippen LogP contribution in [0.3, 0.4) is 0 Å². The number of methoxy groups -OCH3 is 1. The number of carbonyl (C=O) groups is 3. The van der Waals surface area contributed by atoms with Crippen LogP contribution < -0.4 is 10.9 Å². The highest BCUT2D eigenvalue weighted by Crippen LogP contribution is 2.18. The van der Waals surface area contributed by atoms with Gasteiger partial charge in [0.15, 0.2) is 5.78 Å². The number of hydrogen-bond donors (Lipinski definition) is 2. The van der Waals surface area contributed by atoms with Gasteiger partial charge in [0.1, 0.15) is 11.5 Å². The van der Waals surface area contributed by atoms with E-state index in [-0.39, 0.29) is 41.4 Å². The van der Waals surface area contributed by atoms with Gasteiger partial charge in [0.05, 0.1) is 12.7 Å². The molecule has 2 rings (SSSR count). The van der Waals surface area contributed by atoms with Crippen LogP contribution in [0.2, 0.25) is 0 Å². The normalized spacial score (nSPS) is 10.2. The number of pyridine rings is 1. The van der Waals surface area contributed by atoms with Gasteiger partial charge >= 0.3 is 5.97 Å². The third kappa shape index (κ3) is 3.97. The van der Waals surface area contributed by atoms with Crippen LogP contribution in [0.15, 0.2) is 35.3 Å². The fourth-order valence-electron chi connectivity index (χ4n) is 2.12. The number of aromatic amines is 1. The van der Waals surface area contributed by atoms with E-state index in [0.717, 1.165) is 0 Å². The van der Waals surface area contributed by atoms with Crippen LogP contribution >= 0.6 is 0 Å². The molecule has 0 atom stereocenters. The Kier molecular flexibility index (Phi) is 5.31. The highest BCUT2D eigenvalue weighted by Gasteiger charge is 2.18. The quantitative estimate of drug-likeness (QED) is 0.610. The summed E-state index contributed by atoms with van der Waals surface area (Å²) in [7, 11) is 1.21. The van der Waals surface area contributed by atoms with E-state index >= 15 is 0 Å². The summed E-state index contributed by atoms with van der Waals surface area (Å²) < 4.78 is 5.98. The predicted molar refractivity (Wildman–Crippen MR) is 86.1 cm³/mol. The van der Waals surface area contributed by atoms with Crippen molar-refractivity contribution in [3.63, 3.8) is 0 Å². The van der Waals surface area contributed by atoms with Crippen molar-refractivity contribution in [3.05, 3.63) is 52.1 Å². The molecule has 0 aliphatic rings. The van der Waals surface area contributed by atoms with Gasteiger partial charge in [0.2, 0.25) is 5.91 Å². The van der Waals surface area contributed by atoms with E-state index < -0.39 is 11.9 Å². The van der Waals surface area contributed by atoms with Gasteiger partial charge < -0.3 is 19.6 Å². The summed E-state index contributed by atoms with van der Waals surface area (Å²) in [5, 5.41) is 2.54. The number of anilines is 1. The Bertz CT molecular complexity index is 834. The molecule has 0 bridgehead atoms. The Morgan fingerprint density at radius 1 is 1.29 bits per heavy atom. The smallest absolute Gasteiger partial charge is 0.354 e. The van der Waals surface area contributed by atoms with E-state index in [1.807, 2.05) is 0 Å². The van der Waals surface area contributed by atoms with Gasteiger partial charge in [0.25, 0.3) is 5.56 Å². The number of hydrogen-bond acceptors (Lipinski definition) is 5. The lowest BCUT2D eigenvalue weighted by atomic mass is 10.2. The van der Waals surface area contributed by atoms with Crippen LogP contribution in [0.5, 0.6) is 0 Å². The zero-order chi connectivity index (χ0) is 17.7. The van der Waals surface area contributed by atoms with E-state index in [4.69, 9.17) is 0 Å². The number of aromatic nitrogens is 2. The second kappa shape index (κ2) is 7.40.